The van der Waals surface area contributed by atoms with Crippen molar-refractivity contribution in [1.82, 2.24) is 0 Å². The van der Waals surface area contributed by atoms with E-state index in [0.717, 1.165) is 11.1 Å². The van der Waals surface area contributed by atoms with Gasteiger partial charge >= 0.3 is 0 Å². The van der Waals surface area contributed by atoms with E-state index in [1.807, 2.05) is 55.5 Å². The second-order valence-corrected chi connectivity index (χ2v) is 7.33. The topological polar surface area (TPSA) is 43.4 Å². The predicted molar refractivity (Wildman–Crippen MR) is 85.3 cm³/mol. The molecule has 0 aliphatic rings. The number of ether oxygens (including phenoxy) is 1. The molecule has 0 N–H and O–H groups in total. The molecule has 0 aliphatic heterocycles. The molecular weight excluding hydrogens is 284 g/mol. The van der Waals surface area contributed by atoms with E-state index in [9.17, 15) is 8.42 Å². The van der Waals surface area contributed by atoms with Gasteiger partial charge in [-0.25, -0.2) is 8.42 Å². The van der Waals surface area contributed by atoms with E-state index >= 15 is 0 Å². The Morgan fingerprint density at radius 1 is 1.05 bits per heavy atom. The van der Waals surface area contributed by atoms with Gasteiger partial charge in [0.25, 0.3) is 0 Å². The molecule has 0 heterocycles. The largest absolute Gasteiger partial charge is 0.497 e. The molecule has 0 bridgehead atoms. The van der Waals surface area contributed by atoms with E-state index in [1.54, 1.807) is 13.2 Å². The fraction of sp³-hybridized carbons (Fsp3) is 0.294. The zero-order valence-corrected chi connectivity index (χ0v) is 13.1. The van der Waals surface area contributed by atoms with Gasteiger partial charge in [-0.1, -0.05) is 49.4 Å². The van der Waals surface area contributed by atoms with Crippen LogP contribution in [0.15, 0.2) is 54.6 Å². The van der Waals surface area contributed by atoms with Crippen LogP contribution in [0, 0.1) is 0 Å². The van der Waals surface area contributed by atoms with Crippen LogP contribution in [0.1, 0.15) is 24.0 Å². The molecule has 0 spiro atoms. The summed E-state index contributed by atoms with van der Waals surface area (Å²) in [5.41, 5.74) is 1.81. The van der Waals surface area contributed by atoms with Gasteiger partial charge < -0.3 is 4.74 Å². The van der Waals surface area contributed by atoms with E-state index < -0.39 is 9.84 Å². The van der Waals surface area contributed by atoms with E-state index in [0.29, 0.717) is 5.75 Å². The van der Waals surface area contributed by atoms with Crippen molar-refractivity contribution in [2.24, 2.45) is 0 Å². The lowest BCUT2D eigenvalue weighted by Crippen LogP contribution is -2.14. The van der Waals surface area contributed by atoms with Gasteiger partial charge in [0.15, 0.2) is 9.84 Å². The maximum Gasteiger partial charge on any atom is 0.155 e. The Morgan fingerprint density at radius 2 is 1.76 bits per heavy atom. The monoisotopic (exact) mass is 304 g/mol. The molecule has 21 heavy (non-hydrogen) atoms. The average Bonchev–Trinajstić information content (AvgIpc) is 2.47. The van der Waals surface area contributed by atoms with Crippen molar-refractivity contribution in [3.63, 3.8) is 0 Å². The van der Waals surface area contributed by atoms with Crippen LogP contribution in [0.4, 0.5) is 0 Å². The molecule has 2 aromatic carbocycles. The predicted octanol–water partition coefficient (Wildman–Crippen LogP) is 3.41. The van der Waals surface area contributed by atoms with E-state index in [1.165, 1.54) is 0 Å². The summed E-state index contributed by atoms with van der Waals surface area (Å²) in [6.07, 6.45) is 0. The molecule has 0 aromatic heterocycles. The van der Waals surface area contributed by atoms with Gasteiger partial charge in [0.05, 0.1) is 18.6 Å². The number of benzene rings is 2. The van der Waals surface area contributed by atoms with E-state index in [4.69, 9.17) is 4.74 Å². The van der Waals surface area contributed by atoms with E-state index in [-0.39, 0.29) is 17.4 Å². The normalized spacial score (nSPS) is 12.9. The van der Waals surface area contributed by atoms with Gasteiger partial charge in [0.1, 0.15) is 5.75 Å². The van der Waals surface area contributed by atoms with Crippen molar-refractivity contribution in [3.05, 3.63) is 65.7 Å². The van der Waals surface area contributed by atoms with Gasteiger partial charge in [0, 0.05) is 0 Å². The lowest BCUT2D eigenvalue weighted by Gasteiger charge is -2.13. The molecule has 2 rings (SSSR count). The standard InChI is InChI=1S/C17H20O3S/c1-14(16-8-4-3-5-9-16)12-21(18,19)13-15-7-6-10-17(11-15)20-2/h3-11,14H,12-13H2,1-2H3/t14-/m1/s1. The van der Waals surface area contributed by atoms with Crippen LogP contribution in [0.2, 0.25) is 0 Å². The molecule has 0 saturated carbocycles. The highest BCUT2D eigenvalue weighted by molar-refractivity contribution is 7.90. The molecule has 4 heteroatoms. The number of rotatable bonds is 6. The molecule has 112 valence electrons. The average molecular weight is 304 g/mol. The van der Waals surface area contributed by atoms with Crippen LogP contribution >= 0.6 is 0 Å². The highest BCUT2D eigenvalue weighted by Crippen LogP contribution is 2.20. The number of methoxy groups -OCH3 is 1. The molecular formula is C17H20O3S. The minimum absolute atomic E-state index is 0.0122. The third-order valence-electron chi connectivity index (χ3n) is 3.39. The zero-order chi connectivity index (χ0) is 15.3. The smallest absolute Gasteiger partial charge is 0.155 e. The Hall–Kier alpha value is -1.81. The Bertz CT molecular complexity index is 678. The number of hydrogen-bond acceptors (Lipinski definition) is 3. The highest BCUT2D eigenvalue weighted by Gasteiger charge is 2.18. The molecule has 0 radical (unpaired) electrons. The maximum absolute atomic E-state index is 12.3. The Morgan fingerprint density at radius 3 is 2.43 bits per heavy atom. The fourth-order valence-corrected chi connectivity index (χ4v) is 4.09. The summed E-state index contributed by atoms with van der Waals surface area (Å²) in [5, 5.41) is 0. The van der Waals surface area contributed by atoms with Gasteiger partial charge in [-0.05, 0) is 29.2 Å². The second-order valence-electron chi connectivity index (χ2n) is 5.22. The third kappa shape index (κ3) is 4.60. The first-order valence-electron chi connectivity index (χ1n) is 6.88. The number of hydrogen-bond donors (Lipinski definition) is 0. The van der Waals surface area contributed by atoms with E-state index in [2.05, 4.69) is 0 Å². The summed E-state index contributed by atoms with van der Waals surface area (Å²) >= 11 is 0. The third-order valence-corrected chi connectivity index (χ3v) is 5.17. The fourth-order valence-electron chi connectivity index (χ4n) is 2.33. The lowest BCUT2D eigenvalue weighted by molar-refractivity contribution is 0.414. The van der Waals surface area contributed by atoms with Crippen LogP contribution in [0.5, 0.6) is 5.75 Å². The summed E-state index contributed by atoms with van der Waals surface area (Å²) < 4.78 is 29.8. The second kappa shape index (κ2) is 6.76. The van der Waals surface area contributed by atoms with Crippen molar-refractivity contribution >= 4 is 9.84 Å². The van der Waals surface area contributed by atoms with Crippen molar-refractivity contribution in [3.8, 4) is 5.75 Å². The van der Waals surface area contributed by atoms with Crippen molar-refractivity contribution in [2.45, 2.75) is 18.6 Å². The molecule has 1 atom stereocenters. The lowest BCUT2D eigenvalue weighted by atomic mass is 10.0. The molecule has 0 unspecified atom stereocenters. The summed E-state index contributed by atoms with van der Waals surface area (Å²) in [7, 11) is -1.59. The maximum atomic E-state index is 12.3. The van der Waals surface area contributed by atoms with Crippen LogP contribution < -0.4 is 4.74 Å². The van der Waals surface area contributed by atoms with Gasteiger partial charge in [0.2, 0.25) is 0 Å². The zero-order valence-electron chi connectivity index (χ0n) is 12.3. The van der Waals surface area contributed by atoms with Gasteiger partial charge in [-0.2, -0.15) is 0 Å². The van der Waals surface area contributed by atoms with Crippen molar-refractivity contribution in [1.29, 1.82) is 0 Å². The Labute approximate surface area is 126 Å². The first kappa shape index (κ1) is 15.6. The quantitative estimate of drug-likeness (QED) is 0.821. The first-order valence-corrected chi connectivity index (χ1v) is 8.70. The first-order chi connectivity index (χ1) is 10.00. The van der Waals surface area contributed by atoms with Crippen molar-refractivity contribution in [2.75, 3.05) is 12.9 Å². The minimum atomic E-state index is -3.16. The van der Waals surface area contributed by atoms with Gasteiger partial charge in [-0.15, -0.1) is 0 Å². The molecule has 0 saturated heterocycles. The Kier molecular flexibility index (Phi) is 5.02. The van der Waals surface area contributed by atoms with Crippen molar-refractivity contribution < 1.29 is 13.2 Å². The van der Waals surface area contributed by atoms with Crippen LogP contribution in [0.25, 0.3) is 0 Å². The van der Waals surface area contributed by atoms with Crippen LogP contribution in [0.3, 0.4) is 0 Å². The molecule has 0 fully saturated rings. The highest BCUT2D eigenvalue weighted by atomic mass is 32.2. The summed E-state index contributed by atoms with van der Waals surface area (Å²) in [5.74, 6) is 0.857. The minimum Gasteiger partial charge on any atom is -0.497 e. The SMILES string of the molecule is COc1cccc(CS(=O)(=O)C[C@@H](C)c2ccccc2)c1. The number of sulfone groups is 1. The summed E-state index contributed by atoms with van der Waals surface area (Å²) in [4.78, 5) is 0. The van der Waals surface area contributed by atoms with Gasteiger partial charge in [-0.3, -0.25) is 0 Å². The van der Waals surface area contributed by atoms with Crippen LogP contribution in [-0.4, -0.2) is 21.3 Å². The molecule has 0 aliphatic carbocycles. The summed E-state index contributed by atoms with van der Waals surface area (Å²) in [6, 6.07) is 16.9. The van der Waals surface area contributed by atoms with Crippen LogP contribution in [-0.2, 0) is 15.6 Å². The molecule has 3 nitrogen and oxygen atoms in total. The Balaban J connectivity index is 2.08. The molecule has 0 amide bonds. The molecule has 2 aromatic rings. The summed E-state index contributed by atoms with van der Waals surface area (Å²) in [6.45, 7) is 1.94.